The van der Waals surface area contributed by atoms with Crippen LogP contribution in [0.1, 0.15) is 25.7 Å². The van der Waals surface area contributed by atoms with Gasteiger partial charge in [-0.3, -0.25) is 0 Å². The summed E-state index contributed by atoms with van der Waals surface area (Å²) in [5.74, 6) is 1.75. The Labute approximate surface area is 118 Å². The third-order valence-corrected chi connectivity index (χ3v) is 4.34. The molecule has 2 atom stereocenters. The fraction of sp³-hybridized carbons (Fsp3) is 0.533. The Hall–Kier alpha value is -1.75. The van der Waals surface area contributed by atoms with Crippen molar-refractivity contribution in [3.8, 4) is 0 Å². The largest absolute Gasteiger partial charge is 0.399 e. The van der Waals surface area contributed by atoms with Crippen molar-refractivity contribution in [3.05, 3.63) is 18.2 Å². The summed E-state index contributed by atoms with van der Waals surface area (Å²) in [5, 5.41) is 12.8. The van der Waals surface area contributed by atoms with E-state index >= 15 is 0 Å². The number of nitrogens with one attached hydrogen (secondary N) is 2. The molecule has 1 aliphatic carbocycles. The Morgan fingerprint density at radius 3 is 2.90 bits per heavy atom. The van der Waals surface area contributed by atoms with Crippen LogP contribution in [0.3, 0.4) is 0 Å². The molecule has 5 N–H and O–H groups in total. The first-order valence-corrected chi connectivity index (χ1v) is 7.36. The standard InChI is InChI=1S/C15H22N4O/c16-12-5-6-13-14(7-12)19-15(18-13)17-8-10-3-1-2-4-11(10)9-20/h5-7,10-11,20H,1-4,8-9,16H2,(H2,17,18,19). The molecule has 0 radical (unpaired) electrons. The van der Waals surface area contributed by atoms with E-state index in [4.69, 9.17) is 5.73 Å². The summed E-state index contributed by atoms with van der Waals surface area (Å²) >= 11 is 0. The third kappa shape index (κ3) is 2.72. The number of imidazole rings is 1. The Bertz CT molecular complexity index is 580. The molecule has 1 fully saturated rings. The highest BCUT2D eigenvalue weighted by Crippen LogP contribution is 2.29. The molecule has 0 amide bonds. The third-order valence-electron chi connectivity index (χ3n) is 4.34. The molecule has 5 nitrogen and oxygen atoms in total. The highest BCUT2D eigenvalue weighted by Gasteiger charge is 2.24. The Balaban J connectivity index is 1.67. The summed E-state index contributed by atoms with van der Waals surface area (Å²) in [6.07, 6.45) is 4.83. The van der Waals surface area contributed by atoms with E-state index in [1.54, 1.807) is 0 Å². The summed E-state index contributed by atoms with van der Waals surface area (Å²) in [5.41, 5.74) is 8.37. The van der Waals surface area contributed by atoms with Gasteiger partial charge in [0.25, 0.3) is 0 Å². The number of nitrogens with zero attached hydrogens (tertiary/aromatic N) is 1. The van der Waals surface area contributed by atoms with Gasteiger partial charge in [-0.15, -0.1) is 0 Å². The fourth-order valence-electron chi connectivity index (χ4n) is 3.13. The molecule has 1 saturated carbocycles. The van der Waals surface area contributed by atoms with E-state index in [9.17, 15) is 5.11 Å². The first kappa shape index (κ1) is 13.2. The number of anilines is 2. The van der Waals surface area contributed by atoms with Gasteiger partial charge in [-0.25, -0.2) is 4.98 Å². The minimum absolute atomic E-state index is 0.295. The zero-order chi connectivity index (χ0) is 13.9. The van der Waals surface area contributed by atoms with Crippen molar-refractivity contribution in [1.29, 1.82) is 0 Å². The quantitative estimate of drug-likeness (QED) is 0.645. The molecule has 1 heterocycles. The molecule has 5 heteroatoms. The first-order valence-electron chi connectivity index (χ1n) is 7.36. The highest BCUT2D eigenvalue weighted by atomic mass is 16.3. The molecule has 1 aromatic carbocycles. The molecule has 1 aliphatic rings. The van der Waals surface area contributed by atoms with Gasteiger partial charge in [0.2, 0.25) is 5.95 Å². The van der Waals surface area contributed by atoms with Crippen LogP contribution in [0.15, 0.2) is 18.2 Å². The lowest BCUT2D eigenvalue weighted by molar-refractivity contribution is 0.141. The monoisotopic (exact) mass is 274 g/mol. The molecule has 0 aliphatic heterocycles. The van der Waals surface area contributed by atoms with Crippen LogP contribution in [0.5, 0.6) is 0 Å². The van der Waals surface area contributed by atoms with Gasteiger partial charge < -0.3 is 21.1 Å². The van der Waals surface area contributed by atoms with Crippen molar-refractivity contribution in [3.63, 3.8) is 0 Å². The van der Waals surface area contributed by atoms with Crippen LogP contribution < -0.4 is 11.1 Å². The molecule has 108 valence electrons. The number of hydrogen-bond donors (Lipinski definition) is 4. The normalized spacial score (nSPS) is 23.1. The van der Waals surface area contributed by atoms with Crippen molar-refractivity contribution in [2.45, 2.75) is 25.7 Å². The second kappa shape index (κ2) is 5.71. The molecule has 0 bridgehead atoms. The number of fused-ring (bicyclic) bond motifs is 1. The first-order chi connectivity index (χ1) is 9.76. The topological polar surface area (TPSA) is 87.0 Å². The van der Waals surface area contributed by atoms with Crippen LogP contribution in [-0.4, -0.2) is 28.2 Å². The summed E-state index contributed by atoms with van der Waals surface area (Å²) in [6.45, 7) is 1.16. The predicted octanol–water partition coefficient (Wildman–Crippen LogP) is 2.36. The van der Waals surface area contributed by atoms with Crippen molar-refractivity contribution < 1.29 is 5.11 Å². The summed E-state index contributed by atoms with van der Waals surface area (Å²) in [6, 6.07) is 5.67. The van der Waals surface area contributed by atoms with Gasteiger partial charge in [-0.2, -0.15) is 0 Å². The van der Waals surface area contributed by atoms with Gasteiger partial charge in [0.1, 0.15) is 0 Å². The number of aromatic nitrogens is 2. The number of aliphatic hydroxyl groups is 1. The molecule has 2 aromatic rings. The SMILES string of the molecule is Nc1ccc2nc(NCC3CCCCC3CO)[nH]c2c1. The van der Waals surface area contributed by atoms with Gasteiger partial charge in [0.15, 0.2) is 0 Å². The number of nitrogen functional groups attached to an aromatic ring is 1. The maximum Gasteiger partial charge on any atom is 0.201 e. The number of rotatable bonds is 4. The Morgan fingerprint density at radius 2 is 2.10 bits per heavy atom. The van der Waals surface area contributed by atoms with Crippen LogP contribution in [-0.2, 0) is 0 Å². The van der Waals surface area contributed by atoms with Crippen LogP contribution in [0.4, 0.5) is 11.6 Å². The Kier molecular flexibility index (Phi) is 3.78. The molecule has 0 spiro atoms. The van der Waals surface area contributed by atoms with Crippen LogP contribution >= 0.6 is 0 Å². The van der Waals surface area contributed by atoms with E-state index in [2.05, 4.69) is 15.3 Å². The van der Waals surface area contributed by atoms with Gasteiger partial charge in [0, 0.05) is 18.8 Å². The van der Waals surface area contributed by atoms with E-state index in [1.807, 2.05) is 18.2 Å². The number of aliphatic hydroxyl groups excluding tert-OH is 1. The van der Waals surface area contributed by atoms with Crippen molar-refractivity contribution in [1.82, 2.24) is 9.97 Å². The van der Waals surface area contributed by atoms with Crippen molar-refractivity contribution in [2.24, 2.45) is 11.8 Å². The molecule has 2 unspecified atom stereocenters. The second-order valence-corrected chi connectivity index (χ2v) is 5.73. The smallest absolute Gasteiger partial charge is 0.201 e. The van der Waals surface area contributed by atoms with E-state index < -0.39 is 0 Å². The summed E-state index contributed by atoms with van der Waals surface area (Å²) < 4.78 is 0. The van der Waals surface area contributed by atoms with E-state index in [-0.39, 0.29) is 0 Å². The van der Waals surface area contributed by atoms with Crippen LogP contribution in [0, 0.1) is 11.8 Å². The maximum absolute atomic E-state index is 9.44. The minimum Gasteiger partial charge on any atom is -0.399 e. The average Bonchev–Trinajstić information content (AvgIpc) is 2.87. The van der Waals surface area contributed by atoms with E-state index in [1.165, 1.54) is 19.3 Å². The van der Waals surface area contributed by atoms with Gasteiger partial charge in [-0.05, 0) is 42.9 Å². The number of benzene rings is 1. The molecule has 3 rings (SSSR count). The summed E-state index contributed by atoms with van der Waals surface area (Å²) in [4.78, 5) is 7.75. The average molecular weight is 274 g/mol. The second-order valence-electron chi connectivity index (χ2n) is 5.73. The zero-order valence-electron chi connectivity index (χ0n) is 11.6. The molecule has 20 heavy (non-hydrogen) atoms. The predicted molar refractivity (Wildman–Crippen MR) is 81.5 cm³/mol. The minimum atomic E-state index is 0.295. The lowest BCUT2D eigenvalue weighted by Crippen LogP contribution is -2.28. The molecular weight excluding hydrogens is 252 g/mol. The lowest BCUT2D eigenvalue weighted by Gasteiger charge is -2.30. The maximum atomic E-state index is 9.44. The lowest BCUT2D eigenvalue weighted by atomic mass is 9.80. The van der Waals surface area contributed by atoms with E-state index in [0.29, 0.717) is 18.4 Å². The van der Waals surface area contributed by atoms with Gasteiger partial charge >= 0.3 is 0 Å². The fourth-order valence-corrected chi connectivity index (χ4v) is 3.13. The highest BCUT2D eigenvalue weighted by molar-refractivity contribution is 5.80. The number of nitrogens with two attached hydrogens (primary N) is 1. The zero-order valence-corrected chi connectivity index (χ0v) is 11.6. The molecule has 1 aromatic heterocycles. The van der Waals surface area contributed by atoms with Gasteiger partial charge in [0.05, 0.1) is 11.0 Å². The van der Waals surface area contributed by atoms with Crippen molar-refractivity contribution >= 4 is 22.7 Å². The van der Waals surface area contributed by atoms with Crippen LogP contribution in [0.2, 0.25) is 0 Å². The number of aromatic amines is 1. The van der Waals surface area contributed by atoms with Gasteiger partial charge in [-0.1, -0.05) is 12.8 Å². The van der Waals surface area contributed by atoms with Crippen molar-refractivity contribution in [2.75, 3.05) is 24.2 Å². The number of H-pyrrole nitrogens is 1. The summed E-state index contributed by atoms with van der Waals surface area (Å²) in [7, 11) is 0. The van der Waals surface area contributed by atoms with Crippen LogP contribution in [0.25, 0.3) is 11.0 Å². The molecular formula is C15H22N4O. The Morgan fingerprint density at radius 1 is 1.30 bits per heavy atom. The molecule has 0 saturated heterocycles. The number of hydrogen-bond acceptors (Lipinski definition) is 4. The van der Waals surface area contributed by atoms with E-state index in [0.717, 1.165) is 35.6 Å².